The van der Waals surface area contributed by atoms with E-state index in [1.165, 1.54) is 0 Å². The van der Waals surface area contributed by atoms with Gasteiger partial charge in [-0.1, -0.05) is 0 Å². The van der Waals surface area contributed by atoms with Crippen LogP contribution in [0.1, 0.15) is 23.6 Å². The van der Waals surface area contributed by atoms with Crippen LogP contribution in [0.2, 0.25) is 0 Å². The third-order valence-electron chi connectivity index (χ3n) is 3.79. The Labute approximate surface area is 147 Å². The van der Waals surface area contributed by atoms with E-state index in [4.69, 9.17) is 10.2 Å². The molecule has 150 valence electrons. The van der Waals surface area contributed by atoms with Gasteiger partial charge in [0.05, 0.1) is 37.0 Å². The number of hydrogen-bond acceptors (Lipinski definition) is 12. The molecule has 0 aliphatic heterocycles. The Hall–Kier alpha value is -1.32. The van der Waals surface area contributed by atoms with Crippen LogP contribution in [0.4, 0.5) is 0 Å². The van der Waals surface area contributed by atoms with E-state index in [0.717, 1.165) is 12.4 Å². The van der Waals surface area contributed by atoms with Gasteiger partial charge in [-0.3, -0.25) is 4.98 Å². The van der Waals surface area contributed by atoms with Gasteiger partial charge in [-0.2, -0.15) is 0 Å². The molecular weight excluding hydrogens is 356 g/mol. The molecule has 12 heteroatoms. The Bertz CT molecular complexity index is 507. The molecule has 0 saturated heterocycles. The molecule has 0 amide bonds. The van der Waals surface area contributed by atoms with Gasteiger partial charge in [0.1, 0.15) is 48.8 Å². The predicted molar refractivity (Wildman–Crippen MR) is 82.2 cm³/mol. The van der Waals surface area contributed by atoms with Crippen LogP contribution >= 0.6 is 0 Å². The summed E-state index contributed by atoms with van der Waals surface area (Å²) >= 11 is 0. The lowest BCUT2D eigenvalue weighted by molar-refractivity contribution is -0.119. The fourth-order valence-corrected chi connectivity index (χ4v) is 2.08. The topological polar surface area (TPSA) is 228 Å². The number of nitrogens with zero attached hydrogens (tertiary/aromatic N) is 2. The van der Waals surface area contributed by atoms with Crippen LogP contribution in [0.15, 0.2) is 12.4 Å². The first-order valence-electron chi connectivity index (χ1n) is 7.63. The van der Waals surface area contributed by atoms with E-state index in [-0.39, 0.29) is 11.4 Å². The Morgan fingerprint density at radius 3 is 1.27 bits per heavy atom. The Kier molecular flexibility index (Phi) is 8.85. The summed E-state index contributed by atoms with van der Waals surface area (Å²) in [6.07, 6.45) is -12.9. The second kappa shape index (κ2) is 10.1. The van der Waals surface area contributed by atoms with Gasteiger partial charge in [0.2, 0.25) is 0 Å². The Morgan fingerprint density at radius 2 is 0.962 bits per heavy atom. The van der Waals surface area contributed by atoms with Gasteiger partial charge in [0.25, 0.3) is 0 Å². The maximum atomic E-state index is 10.0. The highest BCUT2D eigenvalue weighted by molar-refractivity contribution is 5.11. The van der Waals surface area contributed by atoms with Crippen molar-refractivity contribution in [3.63, 3.8) is 0 Å². The van der Waals surface area contributed by atoms with Crippen LogP contribution in [0.25, 0.3) is 0 Å². The molecule has 0 bridgehead atoms. The van der Waals surface area contributed by atoms with Gasteiger partial charge in [-0.15, -0.1) is 0 Å². The molecule has 1 aromatic heterocycles. The number of hydrogen-bond donors (Lipinski definition) is 10. The lowest BCUT2D eigenvalue weighted by Gasteiger charge is -2.27. The second-order valence-corrected chi connectivity index (χ2v) is 5.72. The summed E-state index contributed by atoms with van der Waals surface area (Å²) in [5.41, 5.74) is -0.690. The summed E-state index contributed by atoms with van der Waals surface area (Å²) < 4.78 is 0. The molecule has 0 spiro atoms. The van der Waals surface area contributed by atoms with Crippen LogP contribution in [-0.4, -0.2) is 111 Å². The number of aliphatic hydroxyl groups is 10. The summed E-state index contributed by atoms with van der Waals surface area (Å²) in [5, 5.41) is 95.0. The van der Waals surface area contributed by atoms with Gasteiger partial charge in [-0.25, -0.2) is 4.98 Å². The van der Waals surface area contributed by atoms with Crippen molar-refractivity contribution in [2.45, 2.75) is 48.8 Å². The first-order valence-corrected chi connectivity index (χ1v) is 7.63. The molecule has 1 heterocycles. The van der Waals surface area contributed by atoms with Gasteiger partial charge >= 0.3 is 0 Å². The Balaban J connectivity index is 2.96. The molecule has 0 unspecified atom stereocenters. The average molecular weight is 380 g/mol. The lowest BCUT2D eigenvalue weighted by Crippen LogP contribution is -2.43. The zero-order valence-corrected chi connectivity index (χ0v) is 13.6. The van der Waals surface area contributed by atoms with Crippen molar-refractivity contribution in [2.75, 3.05) is 13.2 Å². The number of aliphatic hydroxyl groups excluding tert-OH is 10. The van der Waals surface area contributed by atoms with Gasteiger partial charge in [-0.05, 0) is 0 Å². The van der Waals surface area contributed by atoms with Crippen LogP contribution in [-0.2, 0) is 0 Å². The highest BCUT2D eigenvalue weighted by Crippen LogP contribution is 2.22. The average Bonchev–Trinajstić information content (AvgIpc) is 2.68. The largest absolute Gasteiger partial charge is 0.394 e. The lowest BCUT2D eigenvalue weighted by atomic mass is 10.00. The molecule has 1 rings (SSSR count). The Morgan fingerprint density at radius 1 is 0.615 bits per heavy atom. The molecule has 26 heavy (non-hydrogen) atoms. The molecule has 0 radical (unpaired) electrons. The highest BCUT2D eigenvalue weighted by atomic mass is 16.4. The summed E-state index contributed by atoms with van der Waals surface area (Å²) in [4.78, 5) is 7.41. The van der Waals surface area contributed by atoms with E-state index in [1.807, 2.05) is 0 Å². The number of rotatable bonds is 10. The maximum absolute atomic E-state index is 10.0. The van der Waals surface area contributed by atoms with Crippen LogP contribution in [0.3, 0.4) is 0 Å². The van der Waals surface area contributed by atoms with E-state index >= 15 is 0 Å². The molecular formula is C14H24N2O10. The molecule has 0 saturated carbocycles. The minimum absolute atomic E-state index is 0.345. The molecule has 0 aliphatic rings. The molecule has 1 aromatic rings. The van der Waals surface area contributed by atoms with Crippen molar-refractivity contribution in [1.82, 2.24) is 9.97 Å². The van der Waals surface area contributed by atoms with Crippen molar-refractivity contribution in [2.24, 2.45) is 0 Å². The minimum Gasteiger partial charge on any atom is -0.394 e. The monoisotopic (exact) mass is 380 g/mol. The third kappa shape index (κ3) is 5.34. The number of aromatic nitrogens is 2. The van der Waals surface area contributed by atoms with Crippen LogP contribution in [0.5, 0.6) is 0 Å². The standard InChI is InChI=1S/C14H24N2O10/c17-3-7(19)11(23)13(25)9(21)5-1-15-2-6(16-5)10(22)14(26)12(24)8(20)4-18/h1-2,7-14,17-26H,3-4H2/t7-,8-,9-,10-,11-,12-,13-,14-/m1/s1. The van der Waals surface area contributed by atoms with E-state index < -0.39 is 62.0 Å². The van der Waals surface area contributed by atoms with E-state index in [9.17, 15) is 40.9 Å². The van der Waals surface area contributed by atoms with E-state index in [1.54, 1.807) is 0 Å². The SMILES string of the molecule is OC[C@@H](O)[C@@H](O)[C@H](O)[C@H](O)c1cncc([C@@H](O)[C@@H](O)[C@H](O)[C@H](O)CO)n1. The second-order valence-electron chi connectivity index (χ2n) is 5.72. The normalized spacial score (nSPS) is 21.3. The third-order valence-corrected chi connectivity index (χ3v) is 3.79. The van der Waals surface area contributed by atoms with Crippen molar-refractivity contribution in [1.29, 1.82) is 0 Å². The fourth-order valence-electron chi connectivity index (χ4n) is 2.08. The van der Waals surface area contributed by atoms with Crippen molar-refractivity contribution in [3.05, 3.63) is 23.8 Å². The van der Waals surface area contributed by atoms with Gasteiger partial charge < -0.3 is 51.1 Å². The van der Waals surface area contributed by atoms with Gasteiger partial charge in [0, 0.05) is 0 Å². The minimum atomic E-state index is -1.95. The van der Waals surface area contributed by atoms with Crippen LogP contribution in [0, 0.1) is 0 Å². The van der Waals surface area contributed by atoms with Gasteiger partial charge in [0.15, 0.2) is 0 Å². The summed E-state index contributed by atoms with van der Waals surface area (Å²) in [5.74, 6) is 0. The van der Waals surface area contributed by atoms with Crippen molar-refractivity contribution in [3.8, 4) is 0 Å². The first kappa shape index (κ1) is 22.7. The zero-order valence-electron chi connectivity index (χ0n) is 13.6. The molecule has 10 N–H and O–H groups in total. The van der Waals surface area contributed by atoms with E-state index in [0.29, 0.717) is 0 Å². The fraction of sp³-hybridized carbons (Fsp3) is 0.714. The summed E-state index contributed by atoms with van der Waals surface area (Å²) in [7, 11) is 0. The maximum Gasteiger partial charge on any atom is 0.126 e. The van der Waals surface area contributed by atoms with E-state index in [2.05, 4.69) is 9.97 Å². The highest BCUT2D eigenvalue weighted by Gasteiger charge is 2.34. The zero-order chi connectivity index (χ0) is 20.0. The molecule has 0 aliphatic carbocycles. The van der Waals surface area contributed by atoms with Crippen molar-refractivity contribution >= 4 is 0 Å². The van der Waals surface area contributed by atoms with Crippen LogP contribution < -0.4 is 0 Å². The summed E-state index contributed by atoms with van der Waals surface area (Å²) in [6, 6.07) is 0. The molecule has 8 atom stereocenters. The summed E-state index contributed by atoms with van der Waals surface area (Å²) in [6.45, 7) is -1.74. The van der Waals surface area contributed by atoms with Crippen molar-refractivity contribution < 1.29 is 51.1 Å². The predicted octanol–water partition coefficient (Wildman–Crippen LogP) is -5.31. The quantitative estimate of drug-likeness (QED) is 0.183. The molecule has 12 nitrogen and oxygen atoms in total. The first-order chi connectivity index (χ1) is 12.1. The smallest absolute Gasteiger partial charge is 0.126 e. The molecule has 0 fully saturated rings. The molecule has 0 aromatic carbocycles.